The lowest BCUT2D eigenvalue weighted by Gasteiger charge is -2.11. The molecule has 1 nitrogen and oxygen atoms in total. The van der Waals surface area contributed by atoms with E-state index in [2.05, 4.69) is 61.1 Å². The number of rotatable bonds is 5. The summed E-state index contributed by atoms with van der Waals surface area (Å²) in [6.45, 7) is 4.55. The number of nitriles is 1. The zero-order chi connectivity index (χ0) is 16.1. The van der Waals surface area contributed by atoms with Crippen molar-refractivity contribution in [3.05, 3.63) is 66.7 Å². The van der Waals surface area contributed by atoms with Gasteiger partial charge >= 0.3 is 0 Å². The third-order valence-electron chi connectivity index (χ3n) is 4.98. The van der Waals surface area contributed by atoms with Crippen molar-refractivity contribution < 1.29 is 0 Å². The first-order valence-electron chi connectivity index (χ1n) is 8.49. The van der Waals surface area contributed by atoms with Gasteiger partial charge in [0.1, 0.15) is 0 Å². The molecule has 1 atom stereocenters. The molecular weight excluding hydrogens is 277 g/mol. The molecule has 2 aromatic rings. The van der Waals surface area contributed by atoms with Crippen molar-refractivity contribution in [3.8, 4) is 17.1 Å². The summed E-state index contributed by atoms with van der Waals surface area (Å²) in [6.07, 6.45) is 5.57. The minimum atomic E-state index is 0.290. The van der Waals surface area contributed by atoms with E-state index in [0.29, 0.717) is 12.6 Å². The Morgan fingerprint density at radius 1 is 1.09 bits per heavy atom. The third kappa shape index (κ3) is 3.93. The molecule has 0 saturated carbocycles. The Morgan fingerprint density at radius 2 is 1.78 bits per heavy atom. The highest BCUT2D eigenvalue weighted by Gasteiger charge is 2.27. The van der Waals surface area contributed by atoms with Crippen LogP contribution in [-0.4, -0.2) is 6.71 Å². The molecule has 0 N–H and O–H groups in total. The highest BCUT2D eigenvalue weighted by molar-refractivity contribution is 6.67. The van der Waals surface area contributed by atoms with Crippen molar-refractivity contribution in [1.29, 1.82) is 5.26 Å². The van der Waals surface area contributed by atoms with E-state index in [0.717, 1.165) is 25.5 Å². The van der Waals surface area contributed by atoms with Crippen LogP contribution in [0.2, 0.25) is 12.6 Å². The Morgan fingerprint density at radius 3 is 2.43 bits per heavy atom. The van der Waals surface area contributed by atoms with Gasteiger partial charge in [-0.25, -0.2) is 5.26 Å². The monoisotopic (exact) mass is 299 g/mol. The fourth-order valence-electron chi connectivity index (χ4n) is 3.51. The Labute approximate surface area is 139 Å². The predicted octanol–water partition coefficient (Wildman–Crippen LogP) is 5.72. The fourth-order valence-corrected chi connectivity index (χ4v) is 3.51. The molecule has 1 aliphatic rings. The largest absolute Gasteiger partial charge is 0.268 e. The SMILES string of the molecule is C=C(CCC1CCB(C#N)C1)c1ccc(-c2ccccc2)cc1. The van der Waals surface area contributed by atoms with Crippen molar-refractivity contribution in [2.75, 3.05) is 0 Å². The number of hydrogen-bond donors (Lipinski definition) is 0. The van der Waals surface area contributed by atoms with E-state index >= 15 is 0 Å². The van der Waals surface area contributed by atoms with Gasteiger partial charge in [-0.15, -0.1) is 0 Å². The summed E-state index contributed by atoms with van der Waals surface area (Å²) in [6, 6.07) is 19.2. The van der Waals surface area contributed by atoms with Crippen LogP contribution in [0.15, 0.2) is 61.2 Å². The minimum absolute atomic E-state index is 0.290. The molecule has 114 valence electrons. The normalized spacial score (nSPS) is 17.0. The molecule has 1 fully saturated rings. The lowest BCUT2D eigenvalue weighted by Crippen LogP contribution is -2.03. The Balaban J connectivity index is 1.57. The first-order valence-corrected chi connectivity index (χ1v) is 8.49. The second kappa shape index (κ2) is 7.33. The van der Waals surface area contributed by atoms with Crippen LogP contribution in [0.25, 0.3) is 16.7 Å². The summed E-state index contributed by atoms with van der Waals surface area (Å²) in [5, 5.41) is 8.99. The Kier molecular flexibility index (Phi) is 4.98. The maximum absolute atomic E-state index is 8.99. The predicted molar refractivity (Wildman–Crippen MR) is 99.2 cm³/mol. The average Bonchev–Trinajstić information content (AvgIpc) is 3.09. The first-order chi connectivity index (χ1) is 11.3. The second-order valence-electron chi connectivity index (χ2n) is 6.59. The summed E-state index contributed by atoms with van der Waals surface area (Å²) >= 11 is 0. The number of allylic oxidation sites excluding steroid dienone is 1. The van der Waals surface area contributed by atoms with Gasteiger partial charge in [0.25, 0.3) is 6.71 Å². The summed E-state index contributed by atoms with van der Waals surface area (Å²) in [5.74, 6) is 3.12. The lowest BCUT2D eigenvalue weighted by molar-refractivity contribution is 0.548. The molecule has 1 aliphatic heterocycles. The van der Waals surface area contributed by atoms with Gasteiger partial charge in [0.05, 0.1) is 0 Å². The average molecular weight is 299 g/mol. The van der Waals surface area contributed by atoms with Crippen LogP contribution in [0.3, 0.4) is 0 Å². The van der Waals surface area contributed by atoms with Gasteiger partial charge in [0.15, 0.2) is 0 Å². The van der Waals surface area contributed by atoms with Crippen molar-refractivity contribution in [3.63, 3.8) is 0 Å². The van der Waals surface area contributed by atoms with Crippen LogP contribution >= 0.6 is 0 Å². The molecule has 0 spiro atoms. The highest BCUT2D eigenvalue weighted by atomic mass is 14.2. The molecule has 1 heterocycles. The topological polar surface area (TPSA) is 23.8 Å². The maximum Gasteiger partial charge on any atom is 0.268 e. The molecule has 0 aliphatic carbocycles. The standard InChI is InChI=1S/C21H22BN/c1-17(7-8-18-13-14-22(15-18)16-23)19-9-11-21(12-10-19)20-5-3-2-4-6-20/h2-6,9-12,18H,1,7-8,13-15H2. The molecule has 23 heavy (non-hydrogen) atoms. The van der Waals surface area contributed by atoms with Gasteiger partial charge in [-0.3, -0.25) is 0 Å². The van der Waals surface area contributed by atoms with E-state index in [1.165, 1.54) is 28.7 Å². The van der Waals surface area contributed by atoms with Crippen LogP contribution in [-0.2, 0) is 0 Å². The summed E-state index contributed by atoms with van der Waals surface area (Å²) < 4.78 is 0. The molecule has 2 heteroatoms. The third-order valence-corrected chi connectivity index (χ3v) is 4.98. The van der Waals surface area contributed by atoms with Crippen molar-refractivity contribution in [2.24, 2.45) is 5.92 Å². The van der Waals surface area contributed by atoms with Gasteiger partial charge in [-0.05, 0) is 41.0 Å². The quantitative estimate of drug-likeness (QED) is 0.647. The van der Waals surface area contributed by atoms with Crippen molar-refractivity contribution in [2.45, 2.75) is 31.9 Å². The van der Waals surface area contributed by atoms with Crippen LogP contribution in [0.1, 0.15) is 24.8 Å². The van der Waals surface area contributed by atoms with E-state index in [1.807, 2.05) is 6.07 Å². The van der Waals surface area contributed by atoms with E-state index in [4.69, 9.17) is 5.26 Å². The van der Waals surface area contributed by atoms with E-state index in [-0.39, 0.29) is 0 Å². The van der Waals surface area contributed by atoms with Crippen LogP contribution in [0.5, 0.6) is 0 Å². The lowest BCUT2D eigenvalue weighted by atomic mass is 9.50. The van der Waals surface area contributed by atoms with E-state index in [1.54, 1.807) is 0 Å². The molecule has 0 radical (unpaired) electrons. The molecule has 3 rings (SSSR count). The van der Waals surface area contributed by atoms with E-state index < -0.39 is 0 Å². The molecule has 2 aromatic carbocycles. The molecule has 0 amide bonds. The summed E-state index contributed by atoms with van der Waals surface area (Å²) in [7, 11) is 0. The Bertz CT molecular complexity index is 697. The summed E-state index contributed by atoms with van der Waals surface area (Å²) in [4.78, 5) is 0. The second-order valence-corrected chi connectivity index (χ2v) is 6.59. The molecule has 0 aromatic heterocycles. The smallest absolute Gasteiger partial charge is 0.213 e. The highest BCUT2D eigenvalue weighted by Crippen LogP contribution is 2.32. The number of hydrogen-bond acceptors (Lipinski definition) is 1. The molecule has 1 saturated heterocycles. The number of nitrogens with zero attached hydrogens (tertiary/aromatic N) is 1. The minimum Gasteiger partial charge on any atom is -0.213 e. The van der Waals surface area contributed by atoms with Gasteiger partial charge in [0.2, 0.25) is 0 Å². The van der Waals surface area contributed by atoms with Gasteiger partial charge in [-0.1, -0.05) is 80.2 Å². The van der Waals surface area contributed by atoms with Crippen molar-refractivity contribution >= 4 is 12.3 Å². The molecular formula is C21H22BN. The maximum atomic E-state index is 8.99. The fraction of sp³-hybridized carbons (Fsp3) is 0.286. The molecule has 0 bridgehead atoms. The van der Waals surface area contributed by atoms with Crippen LogP contribution < -0.4 is 0 Å². The van der Waals surface area contributed by atoms with Gasteiger partial charge in [0, 0.05) is 5.97 Å². The van der Waals surface area contributed by atoms with Gasteiger partial charge < -0.3 is 0 Å². The number of benzene rings is 2. The molecule has 1 unspecified atom stereocenters. The zero-order valence-corrected chi connectivity index (χ0v) is 13.5. The van der Waals surface area contributed by atoms with Crippen molar-refractivity contribution in [1.82, 2.24) is 0 Å². The van der Waals surface area contributed by atoms with E-state index in [9.17, 15) is 0 Å². The Hall–Kier alpha value is -2.27. The van der Waals surface area contributed by atoms with Gasteiger partial charge in [-0.2, -0.15) is 0 Å². The zero-order valence-electron chi connectivity index (χ0n) is 13.5. The van der Waals surface area contributed by atoms with Crippen LogP contribution in [0, 0.1) is 17.1 Å². The summed E-state index contributed by atoms with van der Waals surface area (Å²) in [5.41, 5.74) is 4.94. The first kappa shape index (κ1) is 15.6. The van der Waals surface area contributed by atoms with Crippen LogP contribution in [0.4, 0.5) is 0 Å².